The molecule has 2 N–H and O–H groups in total. The van der Waals surface area contributed by atoms with Crippen LogP contribution in [-0.4, -0.2) is 35.8 Å². The molecule has 0 spiro atoms. The summed E-state index contributed by atoms with van der Waals surface area (Å²) in [4.78, 5) is 14.0. The number of rotatable bonds is 6. The van der Waals surface area contributed by atoms with Crippen LogP contribution >= 0.6 is 0 Å². The SMILES string of the molecule is CC(NS(=O)(=O)c1cn(C)c(C(=O)Nc2cc(F)nc(F)c2)c1F)C(C)(F)F. The lowest BCUT2D eigenvalue weighted by atomic mass is 10.2. The zero-order valence-electron chi connectivity index (χ0n) is 14.7. The first-order valence-corrected chi connectivity index (χ1v) is 9.10. The highest BCUT2D eigenvalue weighted by molar-refractivity contribution is 7.89. The first kappa shape index (κ1) is 21.8. The molecule has 0 aliphatic rings. The van der Waals surface area contributed by atoms with Crippen LogP contribution in [0.15, 0.2) is 23.2 Å². The molecular formula is C15H15F5N4O3S. The molecule has 2 aromatic heterocycles. The summed E-state index contributed by atoms with van der Waals surface area (Å²) in [5.74, 6) is -8.66. The predicted molar refractivity (Wildman–Crippen MR) is 87.9 cm³/mol. The maximum absolute atomic E-state index is 14.6. The second kappa shape index (κ2) is 7.47. The fourth-order valence-corrected chi connectivity index (χ4v) is 3.57. The van der Waals surface area contributed by atoms with Crippen molar-refractivity contribution < 1.29 is 35.2 Å². The minimum atomic E-state index is -4.73. The molecule has 0 fully saturated rings. The summed E-state index contributed by atoms with van der Waals surface area (Å²) in [5.41, 5.74) is -1.19. The van der Waals surface area contributed by atoms with E-state index in [4.69, 9.17) is 0 Å². The average molecular weight is 426 g/mol. The number of anilines is 1. The van der Waals surface area contributed by atoms with E-state index in [9.17, 15) is 35.2 Å². The molecule has 0 saturated heterocycles. The van der Waals surface area contributed by atoms with Crippen LogP contribution in [-0.2, 0) is 17.1 Å². The number of nitrogens with one attached hydrogen (secondary N) is 2. The van der Waals surface area contributed by atoms with Crippen molar-refractivity contribution in [3.05, 3.63) is 41.7 Å². The van der Waals surface area contributed by atoms with Crippen molar-refractivity contribution in [2.24, 2.45) is 7.05 Å². The zero-order chi connectivity index (χ0) is 21.4. The number of hydrogen-bond acceptors (Lipinski definition) is 4. The number of alkyl halides is 2. The molecule has 1 atom stereocenters. The number of carbonyl (C=O) groups excluding carboxylic acids is 1. The molecule has 0 bridgehead atoms. The Morgan fingerprint density at radius 1 is 1.21 bits per heavy atom. The van der Waals surface area contributed by atoms with Gasteiger partial charge in [-0.1, -0.05) is 0 Å². The molecule has 0 aliphatic heterocycles. The van der Waals surface area contributed by atoms with Crippen LogP contribution in [0, 0.1) is 17.7 Å². The Kier molecular flexibility index (Phi) is 5.80. The van der Waals surface area contributed by atoms with Crippen LogP contribution in [0.5, 0.6) is 0 Å². The monoisotopic (exact) mass is 426 g/mol. The van der Waals surface area contributed by atoms with E-state index in [2.05, 4.69) is 4.98 Å². The van der Waals surface area contributed by atoms with Gasteiger partial charge in [-0.05, 0) is 6.92 Å². The fourth-order valence-electron chi connectivity index (χ4n) is 2.14. The van der Waals surface area contributed by atoms with Crippen LogP contribution in [0.3, 0.4) is 0 Å². The van der Waals surface area contributed by atoms with E-state index < -0.39 is 61.9 Å². The largest absolute Gasteiger partial charge is 0.343 e. The second-order valence-corrected chi connectivity index (χ2v) is 7.70. The van der Waals surface area contributed by atoms with E-state index in [-0.39, 0.29) is 0 Å². The molecule has 7 nitrogen and oxygen atoms in total. The third kappa shape index (κ3) is 4.65. The van der Waals surface area contributed by atoms with Gasteiger partial charge in [0.1, 0.15) is 10.6 Å². The number of pyridine rings is 1. The Morgan fingerprint density at radius 2 is 1.75 bits per heavy atom. The molecule has 0 radical (unpaired) electrons. The van der Waals surface area contributed by atoms with Gasteiger partial charge in [-0.2, -0.15) is 13.8 Å². The van der Waals surface area contributed by atoms with Crippen LogP contribution in [0.2, 0.25) is 0 Å². The number of aromatic nitrogens is 2. The maximum Gasteiger partial charge on any atom is 0.275 e. The molecule has 2 rings (SSSR count). The molecule has 0 saturated carbocycles. The summed E-state index contributed by atoms with van der Waals surface area (Å²) in [6.45, 7) is 1.37. The standard InChI is InChI=1S/C15H15F5N4O3S/c1-7(15(2,19)20)23-28(26,27)9-6-24(3)13(12(9)18)14(25)21-8-4-10(16)22-11(17)5-8/h4-7,23H,1-3H3,(H,21,22,25). The van der Waals surface area contributed by atoms with Crippen molar-refractivity contribution in [3.8, 4) is 0 Å². The number of aryl methyl sites for hydroxylation is 1. The van der Waals surface area contributed by atoms with Crippen LogP contribution in [0.25, 0.3) is 0 Å². The molecule has 154 valence electrons. The molecule has 2 aromatic rings. The Balaban J connectivity index is 2.36. The van der Waals surface area contributed by atoms with Gasteiger partial charge in [-0.15, -0.1) is 0 Å². The Bertz CT molecular complexity index is 997. The average Bonchev–Trinajstić information content (AvgIpc) is 2.80. The van der Waals surface area contributed by atoms with Crippen molar-refractivity contribution in [1.29, 1.82) is 0 Å². The van der Waals surface area contributed by atoms with E-state index in [1.807, 2.05) is 5.32 Å². The summed E-state index contributed by atoms with van der Waals surface area (Å²) in [6.07, 6.45) is 0.709. The number of hydrogen-bond donors (Lipinski definition) is 2. The van der Waals surface area contributed by atoms with Gasteiger partial charge in [0.25, 0.3) is 11.8 Å². The van der Waals surface area contributed by atoms with E-state index in [1.165, 1.54) is 0 Å². The number of carbonyl (C=O) groups is 1. The number of sulfonamides is 1. The van der Waals surface area contributed by atoms with E-state index in [0.29, 0.717) is 25.3 Å². The van der Waals surface area contributed by atoms with Gasteiger partial charge in [-0.3, -0.25) is 4.79 Å². The van der Waals surface area contributed by atoms with E-state index >= 15 is 0 Å². The number of halogens is 5. The summed E-state index contributed by atoms with van der Waals surface area (Å²) < 4.78 is 94.1. The van der Waals surface area contributed by atoms with Gasteiger partial charge in [0, 0.05) is 32.3 Å². The molecular weight excluding hydrogens is 411 g/mol. The molecule has 13 heteroatoms. The molecule has 1 unspecified atom stereocenters. The third-order valence-electron chi connectivity index (χ3n) is 3.71. The van der Waals surface area contributed by atoms with Crippen LogP contribution < -0.4 is 10.0 Å². The van der Waals surface area contributed by atoms with Crippen molar-refractivity contribution in [2.75, 3.05) is 5.32 Å². The molecule has 0 aromatic carbocycles. The highest BCUT2D eigenvalue weighted by atomic mass is 32.2. The topological polar surface area (TPSA) is 93.1 Å². The predicted octanol–water partition coefficient (Wildman–Crippen LogP) is 2.41. The van der Waals surface area contributed by atoms with Gasteiger partial charge in [0.2, 0.25) is 21.9 Å². The third-order valence-corrected chi connectivity index (χ3v) is 5.23. The van der Waals surface area contributed by atoms with Gasteiger partial charge in [0.15, 0.2) is 5.82 Å². The first-order valence-electron chi connectivity index (χ1n) is 7.61. The molecule has 1 amide bonds. The minimum absolute atomic E-state index is 0.391. The van der Waals surface area contributed by atoms with Gasteiger partial charge in [0.05, 0.1) is 11.7 Å². The van der Waals surface area contributed by atoms with Crippen molar-refractivity contribution >= 4 is 21.6 Å². The van der Waals surface area contributed by atoms with Gasteiger partial charge in [-0.25, -0.2) is 26.3 Å². The Hall–Kier alpha value is -2.54. The minimum Gasteiger partial charge on any atom is -0.343 e. The normalized spacial score (nSPS) is 13.4. The molecule has 0 aliphatic carbocycles. The van der Waals surface area contributed by atoms with Gasteiger partial charge >= 0.3 is 0 Å². The summed E-state index contributed by atoms with van der Waals surface area (Å²) in [7, 11) is -3.60. The van der Waals surface area contributed by atoms with Crippen LogP contribution in [0.1, 0.15) is 24.3 Å². The first-order chi connectivity index (χ1) is 12.7. The van der Waals surface area contributed by atoms with Crippen molar-refractivity contribution in [2.45, 2.75) is 30.7 Å². The quantitative estimate of drug-likeness (QED) is 0.548. The summed E-state index contributed by atoms with van der Waals surface area (Å²) >= 11 is 0. The Labute approximate surface area is 156 Å². The second-order valence-electron chi connectivity index (χ2n) is 6.02. The smallest absolute Gasteiger partial charge is 0.275 e. The lowest BCUT2D eigenvalue weighted by molar-refractivity contribution is -0.00490. The maximum atomic E-state index is 14.6. The van der Waals surface area contributed by atoms with E-state index in [0.717, 1.165) is 18.5 Å². The van der Waals surface area contributed by atoms with Crippen LogP contribution in [0.4, 0.5) is 27.6 Å². The summed E-state index contributed by atoms with van der Waals surface area (Å²) in [5, 5.41) is 2.00. The molecule has 28 heavy (non-hydrogen) atoms. The van der Waals surface area contributed by atoms with Crippen molar-refractivity contribution in [3.63, 3.8) is 0 Å². The van der Waals surface area contributed by atoms with Gasteiger partial charge < -0.3 is 9.88 Å². The lowest BCUT2D eigenvalue weighted by Gasteiger charge is -2.20. The Morgan fingerprint density at radius 3 is 2.25 bits per heavy atom. The highest BCUT2D eigenvalue weighted by Gasteiger charge is 2.36. The molecule has 2 heterocycles. The fraction of sp³-hybridized carbons (Fsp3) is 0.333. The lowest BCUT2D eigenvalue weighted by Crippen LogP contribution is -2.43. The zero-order valence-corrected chi connectivity index (χ0v) is 15.5. The van der Waals surface area contributed by atoms with E-state index in [1.54, 1.807) is 4.72 Å². The highest BCUT2D eigenvalue weighted by Crippen LogP contribution is 2.24. The van der Waals surface area contributed by atoms with Crippen molar-refractivity contribution in [1.82, 2.24) is 14.3 Å². The number of amides is 1. The number of nitrogens with zero attached hydrogens (tertiary/aromatic N) is 2. The summed E-state index contributed by atoms with van der Waals surface area (Å²) in [6, 6.07) is -0.532.